The summed E-state index contributed by atoms with van der Waals surface area (Å²) in [6.45, 7) is 3.14. The molecule has 0 unspecified atom stereocenters. The van der Waals surface area contributed by atoms with Crippen molar-refractivity contribution < 1.29 is 0 Å². The highest BCUT2D eigenvalue weighted by Crippen LogP contribution is 2.29. The van der Waals surface area contributed by atoms with E-state index in [2.05, 4.69) is 23.8 Å². The van der Waals surface area contributed by atoms with E-state index in [1.807, 2.05) is 6.07 Å². The molecule has 0 aromatic carbocycles. The van der Waals surface area contributed by atoms with Crippen LogP contribution in [0.5, 0.6) is 0 Å². The third-order valence-electron chi connectivity index (χ3n) is 4.04. The maximum atomic E-state index is 4.70. The van der Waals surface area contributed by atoms with Gasteiger partial charge in [0.05, 0.1) is 0 Å². The second-order valence-corrected chi connectivity index (χ2v) is 6.28. The van der Waals surface area contributed by atoms with Crippen molar-refractivity contribution in [3.63, 3.8) is 0 Å². The molecule has 0 bridgehead atoms. The van der Waals surface area contributed by atoms with Crippen molar-refractivity contribution in [3.8, 4) is 0 Å². The SMILES string of the molecule is CSc1nc2ccc(C)nc2n1CC1CCCCC1. The lowest BCUT2D eigenvalue weighted by Gasteiger charge is -2.22. The number of hydrogen-bond donors (Lipinski definition) is 0. The Kier molecular flexibility index (Phi) is 3.78. The maximum Gasteiger partial charge on any atom is 0.169 e. The average Bonchev–Trinajstić information content (AvgIpc) is 2.78. The van der Waals surface area contributed by atoms with E-state index in [1.165, 1.54) is 32.1 Å². The molecule has 0 amide bonds. The van der Waals surface area contributed by atoms with Crippen molar-refractivity contribution in [1.29, 1.82) is 0 Å². The van der Waals surface area contributed by atoms with Crippen LogP contribution in [0.4, 0.5) is 0 Å². The minimum Gasteiger partial charge on any atom is -0.303 e. The molecule has 2 aromatic heterocycles. The first kappa shape index (κ1) is 13.0. The van der Waals surface area contributed by atoms with Crippen LogP contribution in [0.25, 0.3) is 11.2 Å². The van der Waals surface area contributed by atoms with Gasteiger partial charge in [0.1, 0.15) is 5.52 Å². The highest BCUT2D eigenvalue weighted by molar-refractivity contribution is 7.98. The first-order valence-corrected chi connectivity index (χ1v) is 8.38. The fourth-order valence-electron chi connectivity index (χ4n) is 3.02. The number of aryl methyl sites for hydroxylation is 1. The van der Waals surface area contributed by atoms with Gasteiger partial charge in [-0.3, -0.25) is 0 Å². The van der Waals surface area contributed by atoms with Gasteiger partial charge in [0.25, 0.3) is 0 Å². The van der Waals surface area contributed by atoms with Crippen LogP contribution in [0, 0.1) is 12.8 Å². The standard InChI is InChI=1S/C15H21N3S/c1-11-8-9-13-14(16-11)18(15(17-13)19-2)10-12-6-4-3-5-7-12/h8-9,12H,3-7,10H2,1-2H3. The third kappa shape index (κ3) is 2.64. The molecule has 1 aliphatic carbocycles. The first-order valence-electron chi connectivity index (χ1n) is 7.16. The molecule has 4 heteroatoms. The van der Waals surface area contributed by atoms with Crippen molar-refractivity contribution in [2.45, 2.75) is 50.7 Å². The van der Waals surface area contributed by atoms with Gasteiger partial charge in [0.2, 0.25) is 0 Å². The Hall–Kier alpha value is -1.03. The second kappa shape index (κ2) is 5.53. The van der Waals surface area contributed by atoms with Crippen LogP contribution < -0.4 is 0 Å². The molecule has 0 atom stereocenters. The van der Waals surface area contributed by atoms with Gasteiger partial charge in [-0.1, -0.05) is 31.0 Å². The Morgan fingerprint density at radius 2 is 2.00 bits per heavy atom. The van der Waals surface area contributed by atoms with Gasteiger partial charge in [-0.2, -0.15) is 0 Å². The lowest BCUT2D eigenvalue weighted by Crippen LogP contribution is -2.15. The van der Waals surface area contributed by atoms with Crippen molar-refractivity contribution in [2.24, 2.45) is 5.92 Å². The van der Waals surface area contributed by atoms with Crippen LogP contribution in [0.1, 0.15) is 37.8 Å². The Morgan fingerprint density at radius 3 is 2.74 bits per heavy atom. The van der Waals surface area contributed by atoms with Gasteiger partial charge in [-0.15, -0.1) is 0 Å². The van der Waals surface area contributed by atoms with Crippen molar-refractivity contribution >= 4 is 22.9 Å². The van der Waals surface area contributed by atoms with Crippen LogP contribution in [0.3, 0.4) is 0 Å². The summed E-state index contributed by atoms with van der Waals surface area (Å²) in [5, 5.41) is 1.11. The van der Waals surface area contributed by atoms with E-state index in [4.69, 9.17) is 9.97 Å². The molecule has 1 fully saturated rings. The second-order valence-electron chi connectivity index (χ2n) is 5.51. The number of aromatic nitrogens is 3. The van der Waals surface area contributed by atoms with Crippen LogP contribution in [-0.4, -0.2) is 20.8 Å². The first-order chi connectivity index (χ1) is 9.28. The Balaban J connectivity index is 1.97. The minimum atomic E-state index is 0.805. The lowest BCUT2D eigenvalue weighted by molar-refractivity contribution is 0.314. The molecule has 0 saturated heterocycles. The molecule has 102 valence electrons. The maximum absolute atomic E-state index is 4.70. The van der Waals surface area contributed by atoms with Crippen LogP contribution >= 0.6 is 11.8 Å². The molecular formula is C15H21N3S. The molecular weight excluding hydrogens is 254 g/mol. The number of imidazole rings is 1. The third-order valence-corrected chi connectivity index (χ3v) is 4.72. The Morgan fingerprint density at radius 1 is 1.21 bits per heavy atom. The predicted octanol–water partition coefficient (Wildman–Crippen LogP) is 4.04. The van der Waals surface area contributed by atoms with Crippen LogP contribution in [0.15, 0.2) is 17.3 Å². The monoisotopic (exact) mass is 275 g/mol. The van der Waals surface area contributed by atoms with Gasteiger partial charge in [-0.25, -0.2) is 9.97 Å². The number of fused-ring (bicyclic) bond motifs is 1. The molecule has 3 rings (SSSR count). The molecule has 3 nitrogen and oxygen atoms in total. The van der Waals surface area contributed by atoms with E-state index in [0.717, 1.165) is 34.5 Å². The van der Waals surface area contributed by atoms with Crippen molar-refractivity contribution in [3.05, 3.63) is 17.8 Å². The van der Waals surface area contributed by atoms with Gasteiger partial charge < -0.3 is 4.57 Å². The van der Waals surface area contributed by atoms with E-state index in [0.29, 0.717) is 0 Å². The van der Waals surface area contributed by atoms with E-state index < -0.39 is 0 Å². The van der Waals surface area contributed by atoms with Crippen molar-refractivity contribution in [1.82, 2.24) is 14.5 Å². The summed E-state index contributed by atoms with van der Waals surface area (Å²) in [7, 11) is 0. The van der Waals surface area contributed by atoms with E-state index >= 15 is 0 Å². The average molecular weight is 275 g/mol. The quantitative estimate of drug-likeness (QED) is 0.792. The van der Waals surface area contributed by atoms with Crippen LogP contribution in [0.2, 0.25) is 0 Å². The summed E-state index contributed by atoms with van der Waals surface area (Å²) >= 11 is 1.73. The number of nitrogens with zero attached hydrogens (tertiary/aromatic N) is 3. The Labute approximate surface area is 118 Å². The van der Waals surface area contributed by atoms with Gasteiger partial charge in [0, 0.05) is 12.2 Å². The molecule has 0 aliphatic heterocycles. The Bertz CT molecular complexity index is 570. The van der Waals surface area contributed by atoms with Gasteiger partial charge in [-0.05, 0) is 44.1 Å². The fraction of sp³-hybridized carbons (Fsp3) is 0.600. The molecule has 0 radical (unpaired) electrons. The predicted molar refractivity (Wildman–Crippen MR) is 80.6 cm³/mol. The molecule has 19 heavy (non-hydrogen) atoms. The summed E-state index contributed by atoms with van der Waals surface area (Å²) in [6.07, 6.45) is 9.01. The van der Waals surface area contributed by atoms with Crippen molar-refractivity contribution in [2.75, 3.05) is 6.26 Å². The van der Waals surface area contributed by atoms with Crippen LogP contribution in [-0.2, 0) is 6.54 Å². The largest absolute Gasteiger partial charge is 0.303 e. The number of hydrogen-bond acceptors (Lipinski definition) is 3. The molecule has 2 aromatic rings. The lowest BCUT2D eigenvalue weighted by atomic mass is 9.89. The highest BCUT2D eigenvalue weighted by atomic mass is 32.2. The highest BCUT2D eigenvalue weighted by Gasteiger charge is 2.18. The summed E-state index contributed by atoms with van der Waals surface area (Å²) in [4.78, 5) is 9.40. The molecule has 1 saturated carbocycles. The van der Waals surface area contributed by atoms with E-state index in [9.17, 15) is 0 Å². The van der Waals surface area contributed by atoms with Gasteiger partial charge >= 0.3 is 0 Å². The zero-order valence-corrected chi connectivity index (χ0v) is 12.5. The summed E-state index contributed by atoms with van der Waals surface area (Å²) in [6, 6.07) is 4.14. The smallest absolute Gasteiger partial charge is 0.169 e. The zero-order valence-electron chi connectivity index (χ0n) is 11.7. The summed E-state index contributed by atoms with van der Waals surface area (Å²) in [5.41, 5.74) is 3.17. The summed E-state index contributed by atoms with van der Waals surface area (Å²) in [5.74, 6) is 0.805. The minimum absolute atomic E-state index is 0.805. The fourth-order valence-corrected chi connectivity index (χ4v) is 3.59. The van der Waals surface area contributed by atoms with E-state index in [1.54, 1.807) is 11.8 Å². The number of rotatable bonds is 3. The molecule has 1 aliphatic rings. The van der Waals surface area contributed by atoms with Gasteiger partial charge in [0.15, 0.2) is 10.8 Å². The molecule has 0 spiro atoms. The zero-order chi connectivity index (χ0) is 13.2. The normalized spacial score (nSPS) is 17.2. The molecule has 2 heterocycles. The summed E-state index contributed by atoms with van der Waals surface area (Å²) < 4.78 is 2.34. The topological polar surface area (TPSA) is 30.7 Å². The number of thioether (sulfide) groups is 1. The van der Waals surface area contributed by atoms with E-state index in [-0.39, 0.29) is 0 Å². The molecule has 0 N–H and O–H groups in total. The number of pyridine rings is 1.